The molecule has 1 aromatic carbocycles. The van der Waals surface area contributed by atoms with Crippen molar-refractivity contribution in [1.82, 2.24) is 9.88 Å². The molecule has 6 nitrogen and oxygen atoms in total. The van der Waals surface area contributed by atoms with Crippen LogP contribution in [0.3, 0.4) is 0 Å². The third kappa shape index (κ3) is 5.24. The summed E-state index contributed by atoms with van der Waals surface area (Å²) in [7, 11) is 1.55. The predicted octanol–water partition coefficient (Wildman–Crippen LogP) is 3.72. The fourth-order valence-corrected chi connectivity index (χ4v) is 3.65. The number of nitriles is 1. The van der Waals surface area contributed by atoms with Gasteiger partial charge in [-0.25, -0.2) is 4.98 Å². The van der Waals surface area contributed by atoms with Crippen LogP contribution in [0.4, 0.5) is 5.69 Å². The molecule has 0 unspecified atom stereocenters. The van der Waals surface area contributed by atoms with Gasteiger partial charge in [-0.3, -0.25) is 9.59 Å². The van der Waals surface area contributed by atoms with Crippen molar-refractivity contribution in [3.05, 3.63) is 51.7 Å². The van der Waals surface area contributed by atoms with Crippen LogP contribution in [0.2, 0.25) is 5.02 Å². The number of halogens is 1. The number of likely N-dealkylation sites (N-methyl/N-ethyl adjacent to an activating group) is 1. The quantitative estimate of drug-likeness (QED) is 0.725. The summed E-state index contributed by atoms with van der Waals surface area (Å²) in [6, 6.07) is 9.06. The molecule has 2 rings (SSSR count). The van der Waals surface area contributed by atoms with E-state index in [-0.39, 0.29) is 24.1 Å². The third-order valence-corrected chi connectivity index (χ3v) is 5.65. The van der Waals surface area contributed by atoms with Gasteiger partial charge < -0.3 is 10.2 Å². The molecular formula is C20H21ClN4O2S. The summed E-state index contributed by atoms with van der Waals surface area (Å²) >= 11 is 7.22. The molecule has 0 saturated heterocycles. The van der Waals surface area contributed by atoms with Crippen molar-refractivity contribution in [2.75, 3.05) is 24.7 Å². The van der Waals surface area contributed by atoms with Gasteiger partial charge in [0, 0.05) is 12.7 Å². The van der Waals surface area contributed by atoms with Gasteiger partial charge in [-0.05, 0) is 44.0 Å². The Kier molecular flexibility index (Phi) is 7.44. The molecule has 0 aliphatic rings. The smallest absolute Gasteiger partial charge is 0.244 e. The molecule has 28 heavy (non-hydrogen) atoms. The molecule has 1 aromatic heterocycles. The zero-order chi connectivity index (χ0) is 20.8. The lowest BCUT2D eigenvalue weighted by atomic mass is 10.1. The molecular weight excluding hydrogens is 396 g/mol. The number of nitrogens with one attached hydrogen (secondary N) is 1. The normalized spacial score (nSPS) is 10.3. The highest BCUT2D eigenvalue weighted by Gasteiger charge is 2.17. The fraction of sp³-hybridized carbons (Fsp3) is 0.300. The van der Waals surface area contributed by atoms with E-state index < -0.39 is 0 Å². The molecule has 146 valence electrons. The first-order valence-corrected chi connectivity index (χ1v) is 9.90. The van der Waals surface area contributed by atoms with E-state index in [4.69, 9.17) is 11.6 Å². The van der Waals surface area contributed by atoms with Crippen molar-refractivity contribution >= 4 is 40.9 Å². The van der Waals surface area contributed by atoms with E-state index in [1.165, 1.54) is 16.7 Å². The number of nitrogens with zero attached hydrogens (tertiary/aromatic N) is 3. The molecule has 0 saturated carbocycles. The van der Waals surface area contributed by atoms with E-state index in [1.54, 1.807) is 31.3 Å². The number of anilines is 1. The Morgan fingerprint density at radius 2 is 1.93 bits per heavy atom. The second-order valence-electron chi connectivity index (χ2n) is 6.31. The fourth-order valence-electron chi connectivity index (χ4n) is 2.44. The average molecular weight is 417 g/mol. The number of pyridine rings is 1. The number of aromatic nitrogens is 1. The van der Waals surface area contributed by atoms with Gasteiger partial charge in [0.05, 0.1) is 28.6 Å². The minimum atomic E-state index is -0.341. The Morgan fingerprint density at radius 3 is 2.57 bits per heavy atom. The van der Waals surface area contributed by atoms with E-state index in [0.29, 0.717) is 21.3 Å². The Balaban J connectivity index is 1.97. The van der Waals surface area contributed by atoms with Crippen molar-refractivity contribution in [2.45, 2.75) is 25.8 Å². The molecule has 1 N–H and O–H groups in total. The van der Waals surface area contributed by atoms with Crippen molar-refractivity contribution in [2.24, 2.45) is 0 Å². The maximum Gasteiger partial charge on any atom is 0.244 e. The summed E-state index contributed by atoms with van der Waals surface area (Å²) in [6.07, 6.45) is 0. The Labute approximate surface area is 173 Å². The highest BCUT2D eigenvalue weighted by atomic mass is 35.5. The maximum absolute atomic E-state index is 12.4. The highest BCUT2D eigenvalue weighted by molar-refractivity contribution is 8.00. The SMILES string of the molecule is Cc1nc(SCC(=O)N(C)CC(=O)Nc2ccccc2Cl)c(C#N)c(C)c1C. The number of carbonyl (C=O) groups excluding carboxylic acids is 2. The number of aryl methyl sites for hydroxylation is 1. The molecule has 0 bridgehead atoms. The molecule has 2 amide bonds. The Bertz CT molecular complexity index is 956. The summed E-state index contributed by atoms with van der Waals surface area (Å²) in [5, 5.41) is 13.1. The lowest BCUT2D eigenvalue weighted by Gasteiger charge is -2.17. The second-order valence-corrected chi connectivity index (χ2v) is 7.68. The molecule has 2 aromatic rings. The largest absolute Gasteiger partial charge is 0.336 e. The monoisotopic (exact) mass is 416 g/mol. The summed E-state index contributed by atoms with van der Waals surface area (Å²) in [5.74, 6) is -0.493. The minimum absolute atomic E-state index is 0.0828. The topological polar surface area (TPSA) is 86.1 Å². The summed E-state index contributed by atoms with van der Waals surface area (Å²) < 4.78 is 0. The molecule has 0 aliphatic heterocycles. The maximum atomic E-state index is 12.4. The van der Waals surface area contributed by atoms with E-state index >= 15 is 0 Å². The van der Waals surface area contributed by atoms with Gasteiger partial charge in [0.25, 0.3) is 0 Å². The van der Waals surface area contributed by atoms with Gasteiger partial charge in [0.15, 0.2) is 0 Å². The van der Waals surface area contributed by atoms with E-state index in [1.807, 2.05) is 20.8 Å². The van der Waals surface area contributed by atoms with E-state index in [0.717, 1.165) is 16.8 Å². The van der Waals surface area contributed by atoms with Crippen LogP contribution in [-0.2, 0) is 9.59 Å². The number of amides is 2. The van der Waals surface area contributed by atoms with Crippen LogP contribution in [0.25, 0.3) is 0 Å². The molecule has 8 heteroatoms. The van der Waals surface area contributed by atoms with Crippen molar-refractivity contribution in [1.29, 1.82) is 5.26 Å². The van der Waals surface area contributed by atoms with Crippen LogP contribution in [0.15, 0.2) is 29.3 Å². The van der Waals surface area contributed by atoms with Gasteiger partial charge >= 0.3 is 0 Å². The Hall–Kier alpha value is -2.56. The lowest BCUT2D eigenvalue weighted by molar-refractivity contribution is -0.131. The third-order valence-electron chi connectivity index (χ3n) is 4.36. The summed E-state index contributed by atoms with van der Waals surface area (Å²) in [5.41, 5.74) is 3.66. The van der Waals surface area contributed by atoms with Crippen LogP contribution in [0.1, 0.15) is 22.4 Å². The zero-order valence-corrected chi connectivity index (χ0v) is 17.7. The first-order chi connectivity index (χ1) is 13.2. The van der Waals surface area contributed by atoms with E-state index in [2.05, 4.69) is 16.4 Å². The standard InChI is InChI=1S/C20H21ClN4O2S/c1-12-13(2)15(9-22)20(23-14(12)3)28-11-19(27)25(4)10-18(26)24-17-8-6-5-7-16(17)21/h5-8H,10-11H2,1-4H3,(H,24,26). The summed E-state index contributed by atoms with van der Waals surface area (Å²) in [6.45, 7) is 5.57. The highest BCUT2D eigenvalue weighted by Crippen LogP contribution is 2.26. The van der Waals surface area contributed by atoms with Crippen LogP contribution in [0.5, 0.6) is 0 Å². The summed E-state index contributed by atoms with van der Waals surface area (Å²) in [4.78, 5) is 30.3. The molecule has 0 atom stereocenters. The predicted molar refractivity (Wildman–Crippen MR) is 112 cm³/mol. The number of carbonyl (C=O) groups is 2. The van der Waals surface area contributed by atoms with E-state index in [9.17, 15) is 14.9 Å². The molecule has 0 radical (unpaired) electrons. The average Bonchev–Trinajstić information content (AvgIpc) is 2.66. The van der Waals surface area contributed by atoms with Crippen molar-refractivity contribution in [3.8, 4) is 6.07 Å². The number of thioether (sulfide) groups is 1. The lowest BCUT2D eigenvalue weighted by Crippen LogP contribution is -2.36. The molecule has 1 heterocycles. The van der Waals surface area contributed by atoms with Crippen molar-refractivity contribution < 1.29 is 9.59 Å². The first-order valence-electron chi connectivity index (χ1n) is 8.53. The van der Waals surface area contributed by atoms with Crippen LogP contribution in [-0.4, -0.2) is 41.0 Å². The second kappa shape index (κ2) is 9.58. The van der Waals surface area contributed by atoms with Gasteiger partial charge in [-0.1, -0.05) is 35.5 Å². The number of hydrogen-bond donors (Lipinski definition) is 1. The van der Waals surface area contributed by atoms with Crippen molar-refractivity contribution in [3.63, 3.8) is 0 Å². The van der Waals surface area contributed by atoms with Crippen LogP contribution >= 0.6 is 23.4 Å². The number of hydrogen-bond acceptors (Lipinski definition) is 5. The Morgan fingerprint density at radius 1 is 1.25 bits per heavy atom. The van der Waals surface area contributed by atoms with Gasteiger partial charge in [0.1, 0.15) is 11.1 Å². The minimum Gasteiger partial charge on any atom is -0.336 e. The van der Waals surface area contributed by atoms with Gasteiger partial charge in [-0.15, -0.1) is 0 Å². The molecule has 0 aliphatic carbocycles. The number of para-hydroxylation sites is 1. The molecule has 0 spiro atoms. The number of benzene rings is 1. The zero-order valence-electron chi connectivity index (χ0n) is 16.2. The first kappa shape index (κ1) is 21.7. The van der Waals surface area contributed by atoms with Gasteiger partial charge in [0.2, 0.25) is 11.8 Å². The van der Waals surface area contributed by atoms with Crippen LogP contribution < -0.4 is 5.32 Å². The van der Waals surface area contributed by atoms with Crippen LogP contribution in [0, 0.1) is 32.1 Å². The van der Waals surface area contributed by atoms with Gasteiger partial charge in [-0.2, -0.15) is 5.26 Å². The number of rotatable bonds is 6. The molecule has 0 fully saturated rings.